The predicted molar refractivity (Wildman–Crippen MR) is 121 cm³/mol. The van der Waals surface area contributed by atoms with E-state index in [1.807, 2.05) is 0 Å². The van der Waals surface area contributed by atoms with Gasteiger partial charge in [-0.15, -0.1) is 0 Å². The van der Waals surface area contributed by atoms with Gasteiger partial charge in [0.2, 0.25) is 0 Å². The second-order valence-corrected chi connectivity index (χ2v) is 8.23. The van der Waals surface area contributed by atoms with Crippen LogP contribution in [-0.2, 0) is 6.54 Å². The van der Waals surface area contributed by atoms with Crippen molar-refractivity contribution in [3.05, 3.63) is 81.9 Å². The van der Waals surface area contributed by atoms with E-state index in [9.17, 15) is 15.0 Å². The molecule has 4 aromatic rings. The third kappa shape index (κ3) is 3.39. The number of phenols is 2. The number of hydrogen-bond donors (Lipinski definition) is 3. The van der Waals surface area contributed by atoms with Gasteiger partial charge in [-0.25, -0.2) is 0 Å². The van der Waals surface area contributed by atoms with Gasteiger partial charge in [0.25, 0.3) is 5.91 Å². The molecule has 0 radical (unpaired) electrons. The van der Waals surface area contributed by atoms with Crippen LogP contribution in [0.15, 0.2) is 53.1 Å². The number of aromatic nitrogens is 2. The van der Waals surface area contributed by atoms with E-state index in [4.69, 9.17) is 20.8 Å². The number of rotatable bonds is 5. The highest BCUT2D eigenvalue weighted by Gasteiger charge is 2.43. The minimum Gasteiger partial charge on any atom is -0.507 e. The van der Waals surface area contributed by atoms with Crippen molar-refractivity contribution in [2.24, 2.45) is 0 Å². The summed E-state index contributed by atoms with van der Waals surface area (Å²) in [5.74, 6) is 0.608. The number of fused-ring (bicyclic) bond motifs is 1. The van der Waals surface area contributed by atoms with Crippen molar-refractivity contribution in [2.75, 3.05) is 7.11 Å². The number of phenolic OH excluding ortho intramolecular Hbond substituents is 2. The first-order valence-electron chi connectivity index (χ1n) is 10.2. The van der Waals surface area contributed by atoms with Crippen LogP contribution in [0.5, 0.6) is 17.2 Å². The van der Waals surface area contributed by atoms with E-state index in [-0.39, 0.29) is 29.7 Å². The highest BCUT2D eigenvalue weighted by molar-refractivity contribution is 6.31. The number of furan rings is 1. The molecule has 168 valence electrons. The van der Waals surface area contributed by atoms with Crippen LogP contribution < -0.4 is 4.74 Å². The maximum atomic E-state index is 13.4. The number of aryl methyl sites for hydroxylation is 1. The van der Waals surface area contributed by atoms with E-state index >= 15 is 0 Å². The minimum atomic E-state index is -0.583. The van der Waals surface area contributed by atoms with Crippen LogP contribution in [0.1, 0.15) is 39.0 Å². The van der Waals surface area contributed by atoms with Gasteiger partial charge in [0.15, 0.2) is 11.5 Å². The average molecular weight is 466 g/mol. The first-order valence-corrected chi connectivity index (χ1v) is 10.5. The fraction of sp³-hybridized carbons (Fsp3) is 0.167. The fourth-order valence-electron chi connectivity index (χ4n) is 4.20. The van der Waals surface area contributed by atoms with Gasteiger partial charge in [0.05, 0.1) is 26.0 Å². The van der Waals surface area contributed by atoms with Gasteiger partial charge in [0, 0.05) is 16.1 Å². The Morgan fingerprint density at radius 2 is 2.03 bits per heavy atom. The summed E-state index contributed by atoms with van der Waals surface area (Å²) >= 11 is 6.33. The highest BCUT2D eigenvalue weighted by atomic mass is 35.5. The summed E-state index contributed by atoms with van der Waals surface area (Å²) in [4.78, 5) is 15.1. The molecule has 3 heterocycles. The smallest absolute Gasteiger partial charge is 0.273 e. The Hall–Kier alpha value is -3.91. The highest BCUT2D eigenvalue weighted by Crippen LogP contribution is 2.47. The van der Waals surface area contributed by atoms with Gasteiger partial charge < -0.3 is 24.3 Å². The summed E-state index contributed by atoms with van der Waals surface area (Å²) in [6, 6.07) is 11.1. The number of ether oxygens (including phenoxy) is 1. The normalized spacial score (nSPS) is 15.2. The molecule has 33 heavy (non-hydrogen) atoms. The largest absolute Gasteiger partial charge is 0.507 e. The van der Waals surface area contributed by atoms with Crippen molar-refractivity contribution < 1.29 is 24.2 Å². The first-order chi connectivity index (χ1) is 15.9. The third-order valence-electron chi connectivity index (χ3n) is 5.82. The van der Waals surface area contributed by atoms with E-state index in [2.05, 4.69) is 10.2 Å². The molecule has 8 nitrogen and oxygen atoms in total. The summed E-state index contributed by atoms with van der Waals surface area (Å²) in [5, 5.41) is 28.4. The molecule has 1 amide bonds. The van der Waals surface area contributed by atoms with Crippen molar-refractivity contribution in [1.82, 2.24) is 15.1 Å². The standard InChI is InChI=1S/C24H20ClN3O5/c1-12-8-18(30)15(10-16(12)25)21-20-22(27-26-21)24(31)28(11-14-4-3-7-33-14)23(20)13-5-6-17(29)19(9-13)32-2/h3-10,23,29-30H,11H2,1-2H3,(H,26,27)/t23-/m1/s1. The number of hydrogen-bond acceptors (Lipinski definition) is 6. The quantitative estimate of drug-likeness (QED) is 0.390. The average Bonchev–Trinajstić information content (AvgIpc) is 3.51. The van der Waals surface area contributed by atoms with Crippen molar-refractivity contribution >= 4 is 17.5 Å². The topological polar surface area (TPSA) is 112 Å². The van der Waals surface area contributed by atoms with Crippen LogP contribution in [-0.4, -0.2) is 38.3 Å². The maximum absolute atomic E-state index is 13.4. The molecule has 3 N–H and O–H groups in total. The molecule has 0 saturated carbocycles. The van der Waals surface area contributed by atoms with E-state index in [1.54, 1.807) is 54.5 Å². The summed E-state index contributed by atoms with van der Waals surface area (Å²) < 4.78 is 10.8. The zero-order chi connectivity index (χ0) is 23.3. The molecule has 0 fully saturated rings. The molecule has 0 unspecified atom stereocenters. The molecule has 1 aliphatic heterocycles. The molecule has 5 rings (SSSR count). The van der Waals surface area contributed by atoms with Crippen molar-refractivity contribution in [2.45, 2.75) is 19.5 Å². The second kappa shape index (κ2) is 7.90. The van der Waals surface area contributed by atoms with Crippen LogP contribution in [0.2, 0.25) is 5.02 Å². The first kappa shape index (κ1) is 21.0. The van der Waals surface area contributed by atoms with E-state index in [0.717, 1.165) is 5.56 Å². The van der Waals surface area contributed by atoms with Gasteiger partial charge in [-0.2, -0.15) is 5.10 Å². The summed E-state index contributed by atoms with van der Waals surface area (Å²) in [6.45, 7) is 2.00. The van der Waals surface area contributed by atoms with Crippen LogP contribution in [0.4, 0.5) is 0 Å². The molecular weight excluding hydrogens is 446 g/mol. The predicted octanol–water partition coefficient (Wildman–Crippen LogP) is 4.80. The third-order valence-corrected chi connectivity index (χ3v) is 6.23. The Morgan fingerprint density at radius 1 is 1.21 bits per heavy atom. The van der Waals surface area contributed by atoms with Gasteiger partial charge in [-0.3, -0.25) is 9.89 Å². The summed E-state index contributed by atoms with van der Waals surface area (Å²) in [7, 11) is 1.46. The fourth-order valence-corrected chi connectivity index (χ4v) is 4.37. The number of amides is 1. The van der Waals surface area contributed by atoms with Gasteiger partial charge >= 0.3 is 0 Å². The Balaban J connectivity index is 1.71. The van der Waals surface area contributed by atoms with Gasteiger partial charge in [-0.1, -0.05) is 17.7 Å². The molecule has 1 aliphatic rings. The lowest BCUT2D eigenvalue weighted by molar-refractivity contribution is 0.0717. The lowest BCUT2D eigenvalue weighted by Crippen LogP contribution is -2.29. The zero-order valence-electron chi connectivity index (χ0n) is 17.8. The second-order valence-electron chi connectivity index (χ2n) is 7.83. The number of halogens is 1. The number of carbonyl (C=O) groups excluding carboxylic acids is 1. The van der Waals surface area contributed by atoms with Crippen molar-refractivity contribution in [3.8, 4) is 28.5 Å². The van der Waals surface area contributed by atoms with Crippen molar-refractivity contribution in [3.63, 3.8) is 0 Å². The molecular formula is C24H20ClN3O5. The van der Waals surface area contributed by atoms with Crippen LogP contribution in [0, 0.1) is 6.92 Å². The van der Waals surface area contributed by atoms with Gasteiger partial charge in [0.1, 0.15) is 22.9 Å². The van der Waals surface area contributed by atoms with Crippen LogP contribution in [0.3, 0.4) is 0 Å². The van der Waals surface area contributed by atoms with E-state index in [0.29, 0.717) is 38.9 Å². The molecule has 0 aliphatic carbocycles. The van der Waals surface area contributed by atoms with Crippen LogP contribution >= 0.6 is 11.6 Å². The zero-order valence-corrected chi connectivity index (χ0v) is 18.6. The number of nitrogens with zero attached hydrogens (tertiary/aromatic N) is 2. The molecule has 0 saturated heterocycles. The van der Waals surface area contributed by atoms with E-state index in [1.165, 1.54) is 13.2 Å². The molecule has 2 aromatic heterocycles. The number of nitrogens with one attached hydrogen (secondary N) is 1. The molecule has 9 heteroatoms. The SMILES string of the molecule is COc1cc([C@@H]2c3c(-c4cc(Cl)c(C)cc4O)n[nH]c3C(=O)N2Cc2ccco2)ccc1O. The minimum absolute atomic E-state index is 0.00479. The summed E-state index contributed by atoms with van der Waals surface area (Å²) in [5.41, 5.74) is 3.14. The molecule has 0 spiro atoms. The molecule has 1 atom stereocenters. The number of aromatic amines is 1. The van der Waals surface area contributed by atoms with E-state index < -0.39 is 6.04 Å². The van der Waals surface area contributed by atoms with Gasteiger partial charge in [-0.05, 0) is 54.4 Å². The van der Waals surface area contributed by atoms with Crippen molar-refractivity contribution in [1.29, 1.82) is 0 Å². The number of carbonyl (C=O) groups is 1. The number of benzene rings is 2. The number of aromatic hydroxyl groups is 2. The number of methoxy groups -OCH3 is 1. The summed E-state index contributed by atoms with van der Waals surface area (Å²) in [6.07, 6.45) is 1.55. The monoisotopic (exact) mass is 465 g/mol. The van der Waals surface area contributed by atoms with Crippen LogP contribution in [0.25, 0.3) is 11.3 Å². The Bertz CT molecular complexity index is 1360. The molecule has 0 bridgehead atoms. The molecule has 2 aromatic carbocycles. The lowest BCUT2D eigenvalue weighted by atomic mass is 9.95. The number of H-pyrrole nitrogens is 1. The Morgan fingerprint density at radius 3 is 2.76 bits per heavy atom. The Labute approximate surface area is 194 Å². The maximum Gasteiger partial charge on any atom is 0.273 e. The lowest BCUT2D eigenvalue weighted by Gasteiger charge is -2.26. The Kier molecular flexibility index (Phi) is 5.02.